The van der Waals surface area contributed by atoms with Gasteiger partial charge in [-0.25, -0.2) is 0 Å². The summed E-state index contributed by atoms with van der Waals surface area (Å²) in [5.74, 6) is 0.474. The van der Waals surface area contributed by atoms with Crippen LogP contribution in [0.15, 0.2) is 47.3 Å². The Labute approximate surface area is 112 Å². The summed E-state index contributed by atoms with van der Waals surface area (Å²) < 4.78 is 0. The number of amides is 1. The molecule has 1 amide bonds. The zero-order valence-corrected chi connectivity index (χ0v) is 10.7. The summed E-state index contributed by atoms with van der Waals surface area (Å²) in [6.07, 6.45) is 3.21. The van der Waals surface area contributed by atoms with Crippen LogP contribution in [0.3, 0.4) is 0 Å². The molecule has 2 rings (SSSR count). The average molecular weight is 258 g/mol. The molecule has 0 spiro atoms. The third kappa shape index (κ3) is 3.42. The Morgan fingerprint density at radius 3 is 2.89 bits per heavy atom. The van der Waals surface area contributed by atoms with Gasteiger partial charge in [0.25, 0.3) is 0 Å². The molecule has 1 aromatic carbocycles. The topological polar surface area (TPSA) is 70.7 Å². The molecule has 0 bridgehead atoms. The molecule has 0 aromatic heterocycles. The van der Waals surface area contributed by atoms with E-state index in [9.17, 15) is 4.79 Å². The van der Waals surface area contributed by atoms with Crippen LogP contribution < -0.4 is 11.1 Å². The highest BCUT2D eigenvalue weighted by Crippen LogP contribution is 2.11. The highest BCUT2D eigenvalue weighted by atomic mass is 16.2. The fourth-order valence-electron chi connectivity index (χ4n) is 1.93. The Balaban J connectivity index is 2.14. The molecular formula is C14H18N4O. The van der Waals surface area contributed by atoms with Crippen LogP contribution in [0.5, 0.6) is 0 Å². The number of nitrogens with one attached hydrogen (secondary N) is 1. The molecule has 3 N–H and O–H groups in total. The largest absolute Gasteiger partial charge is 0.320 e. The first-order valence-electron chi connectivity index (χ1n) is 6.25. The summed E-state index contributed by atoms with van der Waals surface area (Å²) in [5, 5.41) is 8.38. The smallest absolute Gasteiger partial charge is 0.242 e. The van der Waals surface area contributed by atoms with Gasteiger partial charge in [-0.3, -0.25) is 9.80 Å². The SMILES string of the molecule is C=NN1CCC(N)C(=O)N/C1=C/Cc1ccccc1. The first-order chi connectivity index (χ1) is 9.20. The minimum atomic E-state index is -0.494. The molecule has 0 aliphatic carbocycles. The maximum absolute atomic E-state index is 11.7. The van der Waals surface area contributed by atoms with Gasteiger partial charge in [-0.1, -0.05) is 30.3 Å². The first-order valence-corrected chi connectivity index (χ1v) is 6.25. The molecule has 1 heterocycles. The van der Waals surface area contributed by atoms with E-state index in [-0.39, 0.29) is 5.91 Å². The lowest BCUT2D eigenvalue weighted by Crippen LogP contribution is -2.38. The zero-order valence-electron chi connectivity index (χ0n) is 10.7. The molecule has 19 heavy (non-hydrogen) atoms. The normalized spacial score (nSPS) is 21.9. The van der Waals surface area contributed by atoms with Crippen molar-refractivity contribution in [3.05, 3.63) is 47.8 Å². The molecule has 5 heteroatoms. The number of nitrogens with zero attached hydrogens (tertiary/aromatic N) is 2. The van der Waals surface area contributed by atoms with Gasteiger partial charge in [0.05, 0.1) is 6.04 Å². The summed E-state index contributed by atoms with van der Waals surface area (Å²) in [5.41, 5.74) is 6.91. The Bertz CT molecular complexity index is 483. The monoisotopic (exact) mass is 258 g/mol. The van der Waals surface area contributed by atoms with Crippen molar-refractivity contribution in [1.29, 1.82) is 0 Å². The van der Waals surface area contributed by atoms with E-state index in [4.69, 9.17) is 5.73 Å². The summed E-state index contributed by atoms with van der Waals surface area (Å²) in [4.78, 5) is 11.7. The van der Waals surface area contributed by atoms with E-state index in [0.717, 1.165) is 6.42 Å². The minimum Gasteiger partial charge on any atom is -0.320 e. The molecule has 1 saturated heterocycles. The van der Waals surface area contributed by atoms with E-state index in [1.54, 1.807) is 5.01 Å². The Hall–Kier alpha value is -2.14. The molecular weight excluding hydrogens is 240 g/mol. The van der Waals surface area contributed by atoms with E-state index < -0.39 is 6.04 Å². The molecule has 0 radical (unpaired) electrons. The number of benzene rings is 1. The summed E-state index contributed by atoms with van der Waals surface area (Å²) >= 11 is 0. The lowest BCUT2D eigenvalue weighted by atomic mass is 10.1. The fraction of sp³-hybridized carbons (Fsp3) is 0.286. The minimum absolute atomic E-state index is 0.175. The molecule has 1 aliphatic rings. The molecule has 5 nitrogen and oxygen atoms in total. The molecule has 0 saturated carbocycles. The number of hydrogen-bond donors (Lipinski definition) is 2. The van der Waals surface area contributed by atoms with Crippen LogP contribution >= 0.6 is 0 Å². The highest BCUT2D eigenvalue weighted by Gasteiger charge is 2.22. The van der Waals surface area contributed by atoms with Gasteiger partial charge in [-0.15, -0.1) is 0 Å². The second kappa shape index (κ2) is 6.15. The van der Waals surface area contributed by atoms with Gasteiger partial charge in [0, 0.05) is 13.3 Å². The molecule has 1 fully saturated rings. The predicted octanol–water partition coefficient (Wildman–Crippen LogP) is 0.835. The maximum atomic E-state index is 11.7. The quantitative estimate of drug-likeness (QED) is 0.789. The fourth-order valence-corrected chi connectivity index (χ4v) is 1.93. The maximum Gasteiger partial charge on any atom is 0.242 e. The lowest BCUT2D eigenvalue weighted by Gasteiger charge is -2.18. The number of nitrogens with two attached hydrogens (primary N) is 1. The second-order valence-corrected chi connectivity index (χ2v) is 4.43. The third-order valence-electron chi connectivity index (χ3n) is 3.06. The summed E-state index contributed by atoms with van der Waals surface area (Å²) in [6, 6.07) is 9.52. The van der Waals surface area contributed by atoms with Crippen molar-refractivity contribution < 1.29 is 4.79 Å². The van der Waals surface area contributed by atoms with Crippen molar-refractivity contribution in [2.75, 3.05) is 6.54 Å². The van der Waals surface area contributed by atoms with Crippen LogP contribution in [0.2, 0.25) is 0 Å². The number of carbonyl (C=O) groups is 1. The van der Waals surface area contributed by atoms with Gasteiger partial charge in [-0.05, 0) is 24.5 Å². The molecule has 1 aliphatic heterocycles. The summed E-state index contributed by atoms with van der Waals surface area (Å²) in [6.45, 7) is 4.11. The number of hydrazone groups is 1. The average Bonchev–Trinajstić information content (AvgIpc) is 2.58. The van der Waals surface area contributed by atoms with Gasteiger partial charge < -0.3 is 11.1 Å². The molecule has 1 unspecified atom stereocenters. The number of allylic oxidation sites excluding steroid dienone is 1. The van der Waals surface area contributed by atoms with Crippen molar-refractivity contribution in [1.82, 2.24) is 10.3 Å². The highest BCUT2D eigenvalue weighted by molar-refractivity contribution is 5.83. The molecule has 1 atom stereocenters. The second-order valence-electron chi connectivity index (χ2n) is 4.43. The van der Waals surface area contributed by atoms with Gasteiger partial charge >= 0.3 is 0 Å². The van der Waals surface area contributed by atoms with E-state index in [0.29, 0.717) is 18.8 Å². The third-order valence-corrected chi connectivity index (χ3v) is 3.06. The van der Waals surface area contributed by atoms with E-state index >= 15 is 0 Å². The Morgan fingerprint density at radius 1 is 1.47 bits per heavy atom. The first kappa shape index (κ1) is 13.3. The van der Waals surface area contributed by atoms with E-state index in [1.165, 1.54) is 5.56 Å². The van der Waals surface area contributed by atoms with Crippen LogP contribution in [-0.4, -0.2) is 30.2 Å². The van der Waals surface area contributed by atoms with Gasteiger partial charge in [0.2, 0.25) is 5.91 Å². The Morgan fingerprint density at radius 2 is 2.21 bits per heavy atom. The summed E-state index contributed by atoms with van der Waals surface area (Å²) in [7, 11) is 0. The van der Waals surface area contributed by atoms with Crippen LogP contribution in [0.1, 0.15) is 12.0 Å². The Kier molecular flexibility index (Phi) is 4.30. The van der Waals surface area contributed by atoms with Crippen LogP contribution in [-0.2, 0) is 11.2 Å². The van der Waals surface area contributed by atoms with Crippen LogP contribution in [0.4, 0.5) is 0 Å². The number of carbonyl (C=O) groups excluding carboxylic acids is 1. The van der Waals surface area contributed by atoms with E-state index in [1.807, 2.05) is 36.4 Å². The molecule has 1 aromatic rings. The zero-order chi connectivity index (χ0) is 13.7. The van der Waals surface area contributed by atoms with Crippen LogP contribution in [0, 0.1) is 0 Å². The van der Waals surface area contributed by atoms with Crippen molar-refractivity contribution in [2.45, 2.75) is 18.9 Å². The lowest BCUT2D eigenvalue weighted by molar-refractivity contribution is -0.121. The van der Waals surface area contributed by atoms with Gasteiger partial charge in [0.1, 0.15) is 5.82 Å². The number of rotatable bonds is 3. The van der Waals surface area contributed by atoms with Gasteiger partial charge in [-0.2, -0.15) is 5.10 Å². The van der Waals surface area contributed by atoms with Crippen molar-refractivity contribution in [3.8, 4) is 0 Å². The van der Waals surface area contributed by atoms with Crippen LogP contribution in [0.25, 0.3) is 0 Å². The van der Waals surface area contributed by atoms with Crippen molar-refractivity contribution in [2.24, 2.45) is 10.8 Å². The van der Waals surface area contributed by atoms with Gasteiger partial charge in [0.15, 0.2) is 0 Å². The van der Waals surface area contributed by atoms with E-state index in [2.05, 4.69) is 17.1 Å². The standard InChI is InChI=1S/C14H18N4O/c1-16-18-10-9-12(15)14(19)17-13(18)8-7-11-5-3-2-4-6-11/h2-6,8,12H,1,7,9-10,15H2,(H,17,19)/b13-8-. The van der Waals surface area contributed by atoms with Crippen molar-refractivity contribution >= 4 is 12.6 Å². The molecule has 100 valence electrons. The predicted molar refractivity (Wildman–Crippen MR) is 75.2 cm³/mol. The number of hydrogen-bond acceptors (Lipinski definition) is 4. The van der Waals surface area contributed by atoms with Crippen molar-refractivity contribution in [3.63, 3.8) is 0 Å².